The zero-order valence-electron chi connectivity index (χ0n) is 6.85. The molecule has 0 aliphatic heterocycles. The fourth-order valence-electron chi connectivity index (χ4n) is 0.533. The molecule has 0 spiro atoms. The van der Waals surface area contributed by atoms with Gasteiger partial charge in [0.15, 0.2) is 0 Å². The Morgan fingerprint density at radius 2 is 2.27 bits per heavy atom. The molecule has 0 unspecified atom stereocenters. The summed E-state index contributed by atoms with van der Waals surface area (Å²) in [6.07, 6.45) is 5.27. The Labute approximate surface area is 66.8 Å². The molecular weight excluding hydrogens is 142 g/mol. The Kier molecular flexibility index (Phi) is 3.63. The average Bonchev–Trinajstić information content (AvgIpc) is 1.87. The van der Waals surface area contributed by atoms with Crippen molar-refractivity contribution in [3.05, 3.63) is 0 Å². The van der Waals surface area contributed by atoms with Crippen molar-refractivity contribution >= 4 is 5.97 Å². The van der Waals surface area contributed by atoms with Crippen LogP contribution in [0.2, 0.25) is 0 Å². The maximum Gasteiger partial charge on any atom is 0.304 e. The molecule has 0 aromatic carbocycles. The predicted molar refractivity (Wildman–Crippen MR) is 43.2 cm³/mol. The van der Waals surface area contributed by atoms with Gasteiger partial charge >= 0.3 is 5.97 Å². The van der Waals surface area contributed by atoms with Gasteiger partial charge in [-0.25, -0.2) is 0 Å². The lowest BCUT2D eigenvalue weighted by atomic mass is 10.1. The molecule has 2 N–H and O–H groups in total. The third-order valence-corrected chi connectivity index (χ3v) is 1.27. The van der Waals surface area contributed by atoms with E-state index >= 15 is 0 Å². The number of carboxylic acid groups (broad SMARTS) is 1. The van der Waals surface area contributed by atoms with E-state index in [1.54, 1.807) is 0 Å². The molecule has 0 saturated carbocycles. The third kappa shape index (κ3) is 5.43. The van der Waals surface area contributed by atoms with Gasteiger partial charge in [0.1, 0.15) is 0 Å². The summed E-state index contributed by atoms with van der Waals surface area (Å²) in [5, 5.41) is 11.2. The van der Waals surface area contributed by atoms with E-state index in [4.69, 9.17) is 11.5 Å². The van der Waals surface area contributed by atoms with Crippen LogP contribution in [0.3, 0.4) is 0 Å². The second-order valence-corrected chi connectivity index (χ2v) is 2.84. The van der Waals surface area contributed by atoms with Gasteiger partial charge in [0, 0.05) is 6.54 Å². The first-order chi connectivity index (χ1) is 4.98. The molecule has 0 heterocycles. The molecular formula is C8H13NO2. The summed E-state index contributed by atoms with van der Waals surface area (Å²) in [5.74, 6) is 1.70. The highest BCUT2D eigenvalue weighted by Gasteiger charge is 2.11. The zero-order valence-corrected chi connectivity index (χ0v) is 6.85. The Balaban J connectivity index is 3.56. The average molecular weight is 155 g/mol. The van der Waals surface area contributed by atoms with Crippen LogP contribution in [-0.4, -0.2) is 23.2 Å². The lowest BCUT2D eigenvalue weighted by molar-refractivity contribution is -0.136. The third-order valence-electron chi connectivity index (χ3n) is 1.27. The van der Waals surface area contributed by atoms with Gasteiger partial charge in [0.05, 0.1) is 12.0 Å². The molecule has 0 fully saturated rings. The standard InChI is InChI=1S/C8H13NO2/c1-4-8(2,3)9-6-5-7(10)11/h1,9H,5-6H2,2-3H3,(H,10,11). The largest absolute Gasteiger partial charge is 0.481 e. The Hall–Kier alpha value is -1.01. The maximum absolute atomic E-state index is 10.1. The number of hydrogen-bond donors (Lipinski definition) is 2. The number of nitrogens with one attached hydrogen (secondary N) is 1. The summed E-state index contributed by atoms with van der Waals surface area (Å²) >= 11 is 0. The smallest absolute Gasteiger partial charge is 0.304 e. The summed E-state index contributed by atoms with van der Waals surface area (Å²) in [6, 6.07) is 0. The first kappa shape index (κ1) is 9.99. The van der Waals surface area contributed by atoms with Crippen molar-refractivity contribution in [1.29, 1.82) is 0 Å². The van der Waals surface area contributed by atoms with Gasteiger partial charge in [-0.2, -0.15) is 0 Å². The van der Waals surface area contributed by atoms with Crippen LogP contribution >= 0.6 is 0 Å². The second kappa shape index (κ2) is 3.99. The molecule has 11 heavy (non-hydrogen) atoms. The summed E-state index contributed by atoms with van der Waals surface area (Å²) in [5.41, 5.74) is -0.407. The number of carbonyl (C=O) groups is 1. The van der Waals surface area contributed by atoms with Crippen LogP contribution in [-0.2, 0) is 4.79 Å². The minimum atomic E-state index is -0.815. The molecule has 3 heteroatoms. The van der Waals surface area contributed by atoms with Crippen LogP contribution in [0.4, 0.5) is 0 Å². The van der Waals surface area contributed by atoms with E-state index in [2.05, 4.69) is 11.2 Å². The van der Waals surface area contributed by atoms with Gasteiger partial charge < -0.3 is 10.4 Å². The number of aliphatic carboxylic acids is 1. The van der Waals surface area contributed by atoms with Crippen LogP contribution in [0.15, 0.2) is 0 Å². The van der Waals surface area contributed by atoms with Gasteiger partial charge in [0.25, 0.3) is 0 Å². The van der Waals surface area contributed by atoms with E-state index in [0.717, 1.165) is 0 Å². The molecule has 0 radical (unpaired) electrons. The minimum Gasteiger partial charge on any atom is -0.481 e. The van der Waals surface area contributed by atoms with Crippen molar-refractivity contribution in [2.45, 2.75) is 25.8 Å². The normalized spacial score (nSPS) is 10.6. The molecule has 62 valence electrons. The fourth-order valence-corrected chi connectivity index (χ4v) is 0.533. The highest BCUT2D eigenvalue weighted by atomic mass is 16.4. The Morgan fingerprint density at radius 1 is 1.73 bits per heavy atom. The molecule has 0 aromatic heterocycles. The molecule has 0 aliphatic carbocycles. The lowest BCUT2D eigenvalue weighted by Crippen LogP contribution is -2.38. The van der Waals surface area contributed by atoms with Gasteiger partial charge in [-0.3, -0.25) is 4.79 Å². The Morgan fingerprint density at radius 3 is 2.64 bits per heavy atom. The topological polar surface area (TPSA) is 49.3 Å². The highest BCUT2D eigenvalue weighted by molar-refractivity contribution is 5.66. The van der Waals surface area contributed by atoms with Crippen molar-refractivity contribution < 1.29 is 9.90 Å². The minimum absolute atomic E-state index is 0.102. The molecule has 3 nitrogen and oxygen atoms in total. The van der Waals surface area contributed by atoms with Crippen molar-refractivity contribution in [2.24, 2.45) is 0 Å². The van der Waals surface area contributed by atoms with E-state index in [9.17, 15) is 4.79 Å². The van der Waals surface area contributed by atoms with Crippen LogP contribution in [0.1, 0.15) is 20.3 Å². The maximum atomic E-state index is 10.1. The van der Waals surface area contributed by atoms with E-state index < -0.39 is 11.5 Å². The van der Waals surface area contributed by atoms with Crippen LogP contribution in [0.25, 0.3) is 0 Å². The molecule has 0 aromatic rings. The molecule has 0 bridgehead atoms. The van der Waals surface area contributed by atoms with Crippen molar-refractivity contribution in [1.82, 2.24) is 5.32 Å². The molecule has 0 aliphatic rings. The number of carboxylic acids is 1. The fraction of sp³-hybridized carbons (Fsp3) is 0.625. The SMILES string of the molecule is C#CC(C)(C)NCCC(=O)O. The van der Waals surface area contributed by atoms with Gasteiger partial charge in [-0.1, -0.05) is 5.92 Å². The van der Waals surface area contributed by atoms with E-state index in [-0.39, 0.29) is 6.42 Å². The van der Waals surface area contributed by atoms with Crippen LogP contribution in [0.5, 0.6) is 0 Å². The van der Waals surface area contributed by atoms with E-state index in [1.807, 2.05) is 13.8 Å². The molecule has 0 amide bonds. The van der Waals surface area contributed by atoms with Crippen molar-refractivity contribution in [3.8, 4) is 12.3 Å². The van der Waals surface area contributed by atoms with Gasteiger partial charge in [-0.15, -0.1) is 6.42 Å². The van der Waals surface area contributed by atoms with Gasteiger partial charge in [-0.05, 0) is 13.8 Å². The summed E-state index contributed by atoms with van der Waals surface area (Å²) in [7, 11) is 0. The first-order valence-corrected chi connectivity index (χ1v) is 3.42. The quantitative estimate of drug-likeness (QED) is 0.580. The van der Waals surface area contributed by atoms with Gasteiger partial charge in [0.2, 0.25) is 0 Å². The van der Waals surface area contributed by atoms with Crippen LogP contribution < -0.4 is 5.32 Å². The van der Waals surface area contributed by atoms with E-state index in [0.29, 0.717) is 6.54 Å². The second-order valence-electron chi connectivity index (χ2n) is 2.84. The summed E-state index contributed by atoms with van der Waals surface area (Å²) < 4.78 is 0. The molecule has 0 atom stereocenters. The number of rotatable bonds is 4. The van der Waals surface area contributed by atoms with Crippen LogP contribution in [0, 0.1) is 12.3 Å². The highest BCUT2D eigenvalue weighted by Crippen LogP contribution is 1.97. The molecule has 0 saturated heterocycles. The summed E-state index contributed by atoms with van der Waals surface area (Å²) in [4.78, 5) is 10.1. The van der Waals surface area contributed by atoms with E-state index in [1.165, 1.54) is 0 Å². The predicted octanol–water partition coefficient (Wildman–Crippen LogP) is 0.463. The summed E-state index contributed by atoms with van der Waals surface area (Å²) in [6.45, 7) is 4.07. The Bertz CT molecular complexity index is 179. The van der Waals surface area contributed by atoms with Crippen molar-refractivity contribution in [3.63, 3.8) is 0 Å². The monoisotopic (exact) mass is 155 g/mol. The zero-order chi connectivity index (χ0) is 8.91. The first-order valence-electron chi connectivity index (χ1n) is 3.42. The van der Waals surface area contributed by atoms with Crippen molar-refractivity contribution in [2.75, 3.05) is 6.54 Å². The molecule has 0 rings (SSSR count). The number of terminal acetylenes is 1. The lowest BCUT2D eigenvalue weighted by Gasteiger charge is -2.18. The number of hydrogen-bond acceptors (Lipinski definition) is 2.